The molecule has 10 heteroatoms. The molecule has 8 nitrogen and oxygen atoms in total. The molecular weight excluding hydrogens is 324 g/mol. The molecule has 1 unspecified atom stereocenters. The van der Waals surface area contributed by atoms with Crippen LogP contribution in [0.1, 0.15) is 47.0 Å². The van der Waals surface area contributed by atoms with Crippen LogP contribution in [-0.4, -0.2) is 37.6 Å². The molecule has 0 rings (SSSR count). The Hall–Kier alpha value is -0.520. The van der Waals surface area contributed by atoms with E-state index in [2.05, 4.69) is 8.37 Å². The van der Waals surface area contributed by atoms with Crippen molar-refractivity contribution in [1.82, 2.24) is 0 Å². The van der Waals surface area contributed by atoms with Gasteiger partial charge in [-0.2, -0.15) is 16.8 Å². The van der Waals surface area contributed by atoms with Gasteiger partial charge in [0.1, 0.15) is 11.7 Å². The third-order valence-electron chi connectivity index (χ3n) is 2.69. The Kier molecular flexibility index (Phi) is 7.47. The number of hydrogen-bond donors (Lipinski definition) is 2. The minimum atomic E-state index is -4.80. The van der Waals surface area contributed by atoms with Gasteiger partial charge >= 0.3 is 20.8 Å². The summed E-state index contributed by atoms with van der Waals surface area (Å²) in [5, 5.41) is 0. The summed E-state index contributed by atoms with van der Waals surface area (Å²) < 4.78 is 69.8. The normalized spacial score (nSPS) is 16.0. The summed E-state index contributed by atoms with van der Waals surface area (Å²) in [5.74, 6) is 0. The van der Waals surface area contributed by atoms with Gasteiger partial charge in [-0.05, 0) is 40.0 Å². The monoisotopic (exact) mass is 346 g/mol. The van der Waals surface area contributed by atoms with Gasteiger partial charge in [-0.15, -0.1) is 0 Å². The van der Waals surface area contributed by atoms with Crippen LogP contribution in [0.5, 0.6) is 0 Å². The maximum atomic E-state index is 10.9. The average Bonchev–Trinajstić information content (AvgIpc) is 2.19. The first kappa shape index (κ1) is 20.5. The molecule has 0 spiro atoms. The second-order valence-electron chi connectivity index (χ2n) is 5.12. The van der Waals surface area contributed by atoms with Gasteiger partial charge in [0.15, 0.2) is 0 Å². The summed E-state index contributed by atoms with van der Waals surface area (Å²) in [7, 11) is -9.60. The van der Waals surface area contributed by atoms with E-state index in [1.54, 1.807) is 0 Å². The number of rotatable bonds is 9. The molecule has 2 N–H and O–H groups in total. The van der Waals surface area contributed by atoms with Gasteiger partial charge in [-0.3, -0.25) is 9.11 Å². The van der Waals surface area contributed by atoms with Crippen molar-refractivity contribution in [3.05, 3.63) is 11.6 Å². The van der Waals surface area contributed by atoms with Crippen LogP contribution >= 0.6 is 0 Å². The van der Waals surface area contributed by atoms with Gasteiger partial charge in [-0.25, -0.2) is 8.37 Å². The summed E-state index contributed by atoms with van der Waals surface area (Å²) in [4.78, 5) is 0. The van der Waals surface area contributed by atoms with Crippen molar-refractivity contribution in [2.45, 2.75) is 58.7 Å². The van der Waals surface area contributed by atoms with E-state index in [0.29, 0.717) is 6.42 Å². The number of allylic oxidation sites excluding steroid dienone is 2. The highest BCUT2D eigenvalue weighted by Crippen LogP contribution is 2.26. The third kappa shape index (κ3) is 9.93. The fraction of sp³-hybridized carbons (Fsp3) is 0.818. The van der Waals surface area contributed by atoms with Crippen molar-refractivity contribution in [1.29, 1.82) is 0 Å². The standard InChI is InChI=1S/C11H22O8S2/c1-5-6-9(2)7-8-10(18-20(12,13)14)11(3,4)19-21(15,16)17/h6,10H,5,7-8H2,1-4H3,(H,12,13,14)(H,15,16,17)/b9-6+. The van der Waals surface area contributed by atoms with Crippen molar-refractivity contribution in [3.63, 3.8) is 0 Å². The molecule has 0 aromatic heterocycles. The Labute approximate surface area is 126 Å². The Bertz CT molecular complexity index is 559. The SMILES string of the molecule is CC/C=C(\C)CCC(OS(=O)(=O)O)C(C)(C)OS(=O)(=O)O. The first-order valence-electron chi connectivity index (χ1n) is 6.26. The molecule has 0 amide bonds. The Morgan fingerprint density at radius 1 is 1.19 bits per heavy atom. The molecule has 1 atom stereocenters. The van der Waals surface area contributed by atoms with Gasteiger partial charge < -0.3 is 0 Å². The first-order valence-corrected chi connectivity index (χ1v) is 8.99. The molecule has 0 radical (unpaired) electrons. The second kappa shape index (κ2) is 7.65. The summed E-state index contributed by atoms with van der Waals surface area (Å²) in [6, 6.07) is 0. The summed E-state index contributed by atoms with van der Waals surface area (Å²) >= 11 is 0. The van der Waals surface area contributed by atoms with E-state index in [1.165, 1.54) is 13.8 Å². The van der Waals surface area contributed by atoms with Crippen LogP contribution in [0.4, 0.5) is 0 Å². The van der Waals surface area contributed by atoms with Gasteiger partial charge in [-0.1, -0.05) is 18.6 Å². The molecule has 21 heavy (non-hydrogen) atoms. The van der Waals surface area contributed by atoms with Gasteiger partial charge in [0.25, 0.3) is 0 Å². The van der Waals surface area contributed by atoms with E-state index in [9.17, 15) is 16.8 Å². The lowest BCUT2D eigenvalue weighted by atomic mass is 9.96. The first-order chi connectivity index (χ1) is 9.27. The molecule has 0 saturated heterocycles. The highest BCUT2D eigenvalue weighted by molar-refractivity contribution is 7.81. The molecule has 0 aliphatic rings. The predicted octanol–water partition coefficient (Wildman–Crippen LogP) is 1.91. The molecule has 0 aliphatic heterocycles. The topological polar surface area (TPSA) is 127 Å². The molecule has 0 saturated carbocycles. The van der Waals surface area contributed by atoms with E-state index in [-0.39, 0.29) is 6.42 Å². The Morgan fingerprint density at radius 3 is 2.10 bits per heavy atom. The molecule has 0 fully saturated rings. The lowest BCUT2D eigenvalue weighted by Gasteiger charge is -2.31. The molecule has 0 aromatic rings. The van der Waals surface area contributed by atoms with Gasteiger partial charge in [0, 0.05) is 0 Å². The molecule has 0 bridgehead atoms. The summed E-state index contributed by atoms with van der Waals surface area (Å²) in [5.41, 5.74) is -0.736. The minimum absolute atomic E-state index is 0.0741. The van der Waals surface area contributed by atoms with Gasteiger partial charge in [0.2, 0.25) is 0 Å². The van der Waals surface area contributed by atoms with Crippen molar-refractivity contribution in [2.24, 2.45) is 0 Å². The lowest BCUT2D eigenvalue weighted by molar-refractivity contribution is -0.0215. The van der Waals surface area contributed by atoms with Crippen molar-refractivity contribution in [3.8, 4) is 0 Å². The maximum absolute atomic E-state index is 10.9. The highest BCUT2D eigenvalue weighted by Gasteiger charge is 2.38. The van der Waals surface area contributed by atoms with Crippen LogP contribution in [0.15, 0.2) is 11.6 Å². The molecule has 0 aromatic carbocycles. The van der Waals surface area contributed by atoms with Crippen LogP contribution in [0, 0.1) is 0 Å². The maximum Gasteiger partial charge on any atom is 0.397 e. The summed E-state index contributed by atoms with van der Waals surface area (Å²) in [6.45, 7) is 6.22. The molecular formula is C11H22O8S2. The Balaban J connectivity index is 5.18. The van der Waals surface area contributed by atoms with E-state index < -0.39 is 32.5 Å². The van der Waals surface area contributed by atoms with Crippen LogP contribution in [0.2, 0.25) is 0 Å². The summed E-state index contributed by atoms with van der Waals surface area (Å²) in [6.07, 6.45) is 1.90. The smallest absolute Gasteiger partial charge is 0.264 e. The number of hydrogen-bond acceptors (Lipinski definition) is 6. The van der Waals surface area contributed by atoms with Crippen molar-refractivity contribution >= 4 is 20.8 Å². The van der Waals surface area contributed by atoms with Crippen molar-refractivity contribution < 1.29 is 34.3 Å². The fourth-order valence-corrected chi connectivity index (χ4v) is 3.06. The van der Waals surface area contributed by atoms with E-state index in [4.69, 9.17) is 9.11 Å². The predicted molar refractivity (Wildman–Crippen MR) is 76.4 cm³/mol. The zero-order valence-corrected chi connectivity index (χ0v) is 14.1. The van der Waals surface area contributed by atoms with Crippen molar-refractivity contribution in [2.75, 3.05) is 0 Å². The largest absolute Gasteiger partial charge is 0.397 e. The minimum Gasteiger partial charge on any atom is -0.264 e. The Morgan fingerprint density at radius 2 is 1.71 bits per heavy atom. The fourth-order valence-electron chi connectivity index (χ4n) is 1.79. The van der Waals surface area contributed by atoms with E-state index in [1.807, 2.05) is 19.9 Å². The molecule has 0 heterocycles. The lowest BCUT2D eigenvalue weighted by Crippen LogP contribution is -2.43. The van der Waals surface area contributed by atoms with Crippen LogP contribution < -0.4 is 0 Å². The third-order valence-corrected chi connectivity index (χ3v) is 3.80. The van der Waals surface area contributed by atoms with E-state index in [0.717, 1.165) is 12.0 Å². The van der Waals surface area contributed by atoms with Crippen LogP contribution in [-0.2, 0) is 29.2 Å². The van der Waals surface area contributed by atoms with Crippen LogP contribution in [0.3, 0.4) is 0 Å². The second-order valence-corrected chi connectivity index (χ2v) is 7.19. The molecule has 0 aliphatic carbocycles. The van der Waals surface area contributed by atoms with Crippen LogP contribution in [0.25, 0.3) is 0 Å². The zero-order valence-electron chi connectivity index (χ0n) is 12.4. The van der Waals surface area contributed by atoms with Gasteiger partial charge in [0.05, 0.1) is 0 Å². The molecule has 126 valence electrons. The van der Waals surface area contributed by atoms with E-state index >= 15 is 0 Å². The average molecular weight is 346 g/mol. The highest BCUT2D eigenvalue weighted by atomic mass is 32.3. The zero-order chi connectivity index (χ0) is 16.9. The quantitative estimate of drug-likeness (QED) is 0.479.